The number of halogens is 1. The number of phenolic OH excluding ortho intramolecular Hbond substituents is 1. The maximum Gasteiger partial charge on any atom is 0.314 e. The van der Waals surface area contributed by atoms with E-state index in [-0.39, 0.29) is 11.7 Å². The summed E-state index contributed by atoms with van der Waals surface area (Å²) in [5.41, 5.74) is 2.81. The zero-order chi connectivity index (χ0) is 18.9. The molecule has 1 unspecified atom stereocenters. The van der Waals surface area contributed by atoms with Crippen molar-refractivity contribution in [2.45, 2.75) is 33.1 Å². The molecule has 26 heavy (non-hydrogen) atoms. The number of hydrogen-bond acceptors (Lipinski definition) is 4. The maximum absolute atomic E-state index is 12.3. The lowest BCUT2D eigenvalue weighted by atomic mass is 10.00. The Hall–Kier alpha value is -2.33. The van der Waals surface area contributed by atoms with Crippen LogP contribution < -0.4 is 0 Å². The number of ether oxygens (including phenoxy) is 1. The number of carbonyl (C=O) groups excluding carboxylic acids is 1. The molecule has 1 atom stereocenters. The molecule has 0 aliphatic heterocycles. The van der Waals surface area contributed by atoms with Gasteiger partial charge >= 0.3 is 5.97 Å². The summed E-state index contributed by atoms with van der Waals surface area (Å²) in [6.45, 7) is 4.22. The van der Waals surface area contributed by atoms with E-state index in [1.165, 1.54) is 11.6 Å². The van der Waals surface area contributed by atoms with Crippen molar-refractivity contribution in [3.05, 3.63) is 58.6 Å². The van der Waals surface area contributed by atoms with Gasteiger partial charge in [0.15, 0.2) is 0 Å². The number of esters is 1. The molecular weight excluding hydrogens is 350 g/mol. The van der Waals surface area contributed by atoms with Crippen molar-refractivity contribution in [2.24, 2.45) is 10.9 Å². The molecule has 1 N–H and O–H groups in total. The van der Waals surface area contributed by atoms with Crippen molar-refractivity contribution in [1.82, 2.24) is 0 Å². The first kappa shape index (κ1) is 20.0. The third-order valence-electron chi connectivity index (χ3n) is 3.94. The Morgan fingerprint density at radius 3 is 2.58 bits per heavy atom. The molecule has 0 saturated carbocycles. The van der Waals surface area contributed by atoms with Gasteiger partial charge in [0.25, 0.3) is 0 Å². The molecule has 0 radical (unpaired) electrons. The quantitative estimate of drug-likeness (QED) is 0.516. The molecule has 0 aliphatic carbocycles. The molecule has 0 amide bonds. The summed E-state index contributed by atoms with van der Waals surface area (Å²) in [6, 6.07) is 12.7. The van der Waals surface area contributed by atoms with Gasteiger partial charge < -0.3 is 9.84 Å². The van der Waals surface area contributed by atoms with E-state index in [0.29, 0.717) is 18.1 Å². The summed E-state index contributed by atoms with van der Waals surface area (Å²) in [7, 11) is 0. The highest BCUT2D eigenvalue weighted by Crippen LogP contribution is 2.24. The van der Waals surface area contributed by atoms with E-state index in [1.807, 2.05) is 24.3 Å². The second kappa shape index (κ2) is 9.97. The molecule has 0 saturated heterocycles. The van der Waals surface area contributed by atoms with Gasteiger partial charge in [-0.05, 0) is 55.2 Å². The van der Waals surface area contributed by atoms with Crippen molar-refractivity contribution >= 4 is 29.5 Å². The molecule has 0 spiro atoms. The van der Waals surface area contributed by atoms with Crippen molar-refractivity contribution in [2.75, 3.05) is 6.61 Å². The molecule has 0 heterocycles. The summed E-state index contributed by atoms with van der Waals surface area (Å²) in [5.74, 6) is -0.803. The molecule has 4 nitrogen and oxygen atoms in total. The minimum absolute atomic E-state index is 0.0901. The van der Waals surface area contributed by atoms with E-state index >= 15 is 0 Å². The van der Waals surface area contributed by atoms with Crippen LogP contribution in [0.1, 0.15) is 31.4 Å². The molecule has 2 aromatic carbocycles. The first-order valence-corrected chi connectivity index (χ1v) is 9.18. The number of nitrogens with zero attached hydrogens (tertiary/aromatic N) is 1. The standard InChI is InChI=1S/C21H24ClNO3/c1-3-5-15-6-9-18(10-7-15)23-14-17(21(25)26-4-2)12-16-8-11-19(24)13-20(16)22/h6-11,13-14,17,24H,3-5,12H2,1-2H3. The molecule has 0 fully saturated rings. The van der Waals surface area contributed by atoms with E-state index in [2.05, 4.69) is 11.9 Å². The van der Waals surface area contributed by atoms with Crippen LogP contribution in [-0.4, -0.2) is 23.9 Å². The molecule has 138 valence electrons. The summed E-state index contributed by atoms with van der Waals surface area (Å²) < 4.78 is 5.16. The lowest BCUT2D eigenvalue weighted by Gasteiger charge is -2.12. The van der Waals surface area contributed by atoms with E-state index < -0.39 is 5.92 Å². The smallest absolute Gasteiger partial charge is 0.314 e. The topological polar surface area (TPSA) is 58.9 Å². The Labute approximate surface area is 159 Å². The van der Waals surface area contributed by atoms with E-state index in [1.54, 1.807) is 25.3 Å². The highest BCUT2D eigenvalue weighted by Gasteiger charge is 2.19. The number of rotatable bonds is 8. The Balaban J connectivity index is 2.17. The Morgan fingerprint density at radius 2 is 1.96 bits per heavy atom. The normalized spacial score (nSPS) is 12.3. The molecule has 2 rings (SSSR count). The van der Waals surface area contributed by atoms with Crippen molar-refractivity contribution in [3.8, 4) is 5.75 Å². The minimum Gasteiger partial charge on any atom is -0.508 e. The average Bonchev–Trinajstić information content (AvgIpc) is 2.62. The van der Waals surface area contributed by atoms with E-state index in [0.717, 1.165) is 24.1 Å². The van der Waals surface area contributed by atoms with Gasteiger partial charge in [0.05, 0.1) is 18.2 Å². The molecule has 0 aliphatic rings. The average molecular weight is 374 g/mol. The van der Waals surface area contributed by atoms with Crippen molar-refractivity contribution < 1.29 is 14.6 Å². The summed E-state index contributed by atoms with van der Waals surface area (Å²) in [5, 5.41) is 9.89. The molecule has 0 bridgehead atoms. The van der Waals surface area contributed by atoms with Crippen LogP contribution in [0.15, 0.2) is 47.5 Å². The first-order chi connectivity index (χ1) is 12.5. The number of phenols is 1. The number of benzene rings is 2. The van der Waals surface area contributed by atoms with Gasteiger partial charge in [0.2, 0.25) is 0 Å². The highest BCUT2D eigenvalue weighted by molar-refractivity contribution is 6.31. The van der Waals surface area contributed by atoms with Crippen LogP contribution in [-0.2, 0) is 22.4 Å². The number of aliphatic imine (C=N–C) groups is 1. The zero-order valence-electron chi connectivity index (χ0n) is 15.1. The number of aryl methyl sites for hydroxylation is 1. The van der Waals surface area contributed by atoms with Crippen LogP contribution in [0.25, 0.3) is 0 Å². The van der Waals surface area contributed by atoms with Crippen molar-refractivity contribution in [3.63, 3.8) is 0 Å². The number of aromatic hydroxyl groups is 1. The summed E-state index contributed by atoms with van der Waals surface area (Å²) in [6.07, 6.45) is 4.10. The molecule has 5 heteroatoms. The third kappa shape index (κ3) is 5.88. The molecule has 2 aromatic rings. The largest absolute Gasteiger partial charge is 0.508 e. The summed E-state index contributed by atoms with van der Waals surface area (Å²) >= 11 is 6.16. The van der Waals surface area contributed by atoms with Gasteiger partial charge in [-0.2, -0.15) is 0 Å². The number of hydrogen-bond donors (Lipinski definition) is 1. The van der Waals surface area contributed by atoms with Gasteiger partial charge in [-0.1, -0.05) is 43.1 Å². The van der Waals surface area contributed by atoms with Gasteiger partial charge in [0.1, 0.15) is 5.75 Å². The van der Waals surface area contributed by atoms with Crippen LogP contribution >= 0.6 is 11.6 Å². The fourth-order valence-corrected chi connectivity index (χ4v) is 2.85. The molecule has 0 aromatic heterocycles. The Kier molecular flexibility index (Phi) is 7.67. The monoisotopic (exact) mass is 373 g/mol. The first-order valence-electron chi connectivity index (χ1n) is 8.80. The second-order valence-electron chi connectivity index (χ2n) is 6.03. The number of carbonyl (C=O) groups is 1. The maximum atomic E-state index is 12.3. The van der Waals surface area contributed by atoms with Gasteiger partial charge in [0, 0.05) is 11.2 Å². The van der Waals surface area contributed by atoms with E-state index in [4.69, 9.17) is 16.3 Å². The van der Waals surface area contributed by atoms with Crippen molar-refractivity contribution in [1.29, 1.82) is 0 Å². The van der Waals surface area contributed by atoms with Crippen LogP contribution in [0.2, 0.25) is 5.02 Å². The predicted molar refractivity (Wildman–Crippen MR) is 106 cm³/mol. The third-order valence-corrected chi connectivity index (χ3v) is 4.30. The predicted octanol–water partition coefficient (Wildman–Crippen LogP) is 5.12. The Morgan fingerprint density at radius 1 is 1.23 bits per heavy atom. The lowest BCUT2D eigenvalue weighted by molar-refractivity contribution is -0.145. The van der Waals surface area contributed by atoms with Crippen LogP contribution in [0.3, 0.4) is 0 Å². The van der Waals surface area contributed by atoms with Gasteiger partial charge in [-0.25, -0.2) is 0 Å². The van der Waals surface area contributed by atoms with Crippen LogP contribution in [0.4, 0.5) is 5.69 Å². The fourth-order valence-electron chi connectivity index (χ4n) is 2.60. The van der Waals surface area contributed by atoms with E-state index in [9.17, 15) is 9.90 Å². The van der Waals surface area contributed by atoms with Crippen LogP contribution in [0.5, 0.6) is 5.75 Å². The second-order valence-corrected chi connectivity index (χ2v) is 6.44. The van der Waals surface area contributed by atoms with Crippen LogP contribution in [0, 0.1) is 5.92 Å². The van der Waals surface area contributed by atoms with Gasteiger partial charge in [-0.15, -0.1) is 0 Å². The SMILES string of the molecule is CCCc1ccc(N=CC(Cc2ccc(O)cc2Cl)C(=O)OCC)cc1. The molecular formula is C21H24ClNO3. The lowest BCUT2D eigenvalue weighted by Crippen LogP contribution is -2.21. The fraction of sp³-hybridized carbons (Fsp3) is 0.333. The minimum atomic E-state index is -0.549. The highest BCUT2D eigenvalue weighted by atomic mass is 35.5. The summed E-state index contributed by atoms with van der Waals surface area (Å²) in [4.78, 5) is 16.7. The zero-order valence-corrected chi connectivity index (χ0v) is 15.9. The Bertz CT molecular complexity index is 756. The van der Waals surface area contributed by atoms with Gasteiger partial charge in [-0.3, -0.25) is 9.79 Å².